The van der Waals surface area contributed by atoms with Crippen LogP contribution in [-0.2, 0) is 29.6 Å². The van der Waals surface area contributed by atoms with Gasteiger partial charge in [0.2, 0.25) is 15.9 Å². The number of carbonyl (C=O) groups excluding carboxylic acids is 2. The normalized spacial score (nSPS) is 26.4. The van der Waals surface area contributed by atoms with Crippen LogP contribution in [0.2, 0.25) is 0 Å². The van der Waals surface area contributed by atoms with Gasteiger partial charge < -0.3 is 10.2 Å². The molecule has 1 amide bonds. The van der Waals surface area contributed by atoms with Crippen LogP contribution < -0.4 is 10.0 Å². The van der Waals surface area contributed by atoms with E-state index >= 15 is 0 Å². The lowest BCUT2D eigenvalue weighted by molar-refractivity contribution is -0.149. The van der Waals surface area contributed by atoms with Crippen LogP contribution in [0, 0.1) is 17.3 Å². The SMILES string of the molecule is CC(C)(C)CCN1C(=O)C(C2=NS(=O)(=O)c3cc(NS(C)(=O)=O)ccc3N2)C(=O)C2CCCC21. The van der Waals surface area contributed by atoms with E-state index in [4.69, 9.17) is 0 Å². The predicted molar refractivity (Wildman–Crippen MR) is 129 cm³/mol. The minimum atomic E-state index is -4.27. The fraction of sp³-hybridized carbons (Fsp3) is 0.591. The highest BCUT2D eigenvalue weighted by Gasteiger charge is 2.52. The van der Waals surface area contributed by atoms with Crippen molar-refractivity contribution in [1.82, 2.24) is 4.90 Å². The number of piperidine rings is 1. The van der Waals surface area contributed by atoms with E-state index in [1.54, 1.807) is 4.90 Å². The summed E-state index contributed by atoms with van der Waals surface area (Å²) in [5.74, 6) is -2.55. The highest BCUT2D eigenvalue weighted by molar-refractivity contribution is 7.92. The van der Waals surface area contributed by atoms with E-state index < -0.39 is 31.9 Å². The predicted octanol–water partition coefficient (Wildman–Crippen LogP) is 2.20. The molecule has 186 valence electrons. The molecule has 1 saturated carbocycles. The molecule has 2 N–H and O–H groups in total. The molecule has 4 rings (SSSR count). The van der Waals surface area contributed by atoms with Crippen LogP contribution >= 0.6 is 0 Å². The van der Waals surface area contributed by atoms with E-state index in [1.165, 1.54) is 12.1 Å². The monoisotopic (exact) mass is 510 g/mol. The molecule has 2 fully saturated rings. The number of hydrogen-bond acceptors (Lipinski definition) is 7. The summed E-state index contributed by atoms with van der Waals surface area (Å²) in [5, 5.41) is 2.87. The van der Waals surface area contributed by atoms with Gasteiger partial charge in [0.1, 0.15) is 10.7 Å². The molecule has 1 aromatic carbocycles. The summed E-state index contributed by atoms with van der Waals surface area (Å²) in [6.07, 6.45) is 3.97. The second kappa shape index (κ2) is 8.33. The van der Waals surface area contributed by atoms with Gasteiger partial charge in [-0.25, -0.2) is 8.42 Å². The van der Waals surface area contributed by atoms with Crippen molar-refractivity contribution in [2.24, 2.45) is 21.6 Å². The molecule has 3 atom stereocenters. The third-order valence-corrected chi connectivity index (χ3v) is 8.42. The number of likely N-dealkylation sites (tertiary alicyclic amines) is 1. The van der Waals surface area contributed by atoms with E-state index in [0.717, 1.165) is 31.6 Å². The number of carbonyl (C=O) groups is 2. The third-order valence-electron chi connectivity index (χ3n) is 6.48. The van der Waals surface area contributed by atoms with Gasteiger partial charge in [-0.05, 0) is 42.9 Å². The molecule has 0 radical (unpaired) electrons. The second-order valence-electron chi connectivity index (χ2n) is 10.4. The Morgan fingerprint density at radius 2 is 1.91 bits per heavy atom. The van der Waals surface area contributed by atoms with Crippen molar-refractivity contribution in [2.75, 3.05) is 22.8 Å². The fourth-order valence-electron chi connectivity index (χ4n) is 4.87. The van der Waals surface area contributed by atoms with Gasteiger partial charge in [0.25, 0.3) is 10.0 Å². The number of ketones is 1. The number of fused-ring (bicyclic) bond motifs is 2. The molecular formula is C22H30N4O6S2. The molecule has 3 unspecified atom stereocenters. The molecule has 0 bridgehead atoms. The summed E-state index contributed by atoms with van der Waals surface area (Å²) in [7, 11) is -7.88. The number of hydrogen-bond donors (Lipinski definition) is 2. The van der Waals surface area contributed by atoms with Crippen molar-refractivity contribution < 1.29 is 26.4 Å². The molecule has 12 heteroatoms. The van der Waals surface area contributed by atoms with Crippen molar-refractivity contribution in [3.63, 3.8) is 0 Å². The van der Waals surface area contributed by atoms with Gasteiger partial charge in [-0.15, -0.1) is 4.40 Å². The van der Waals surface area contributed by atoms with Gasteiger partial charge in [0.15, 0.2) is 11.7 Å². The number of sulfonamides is 2. The minimum Gasteiger partial charge on any atom is -0.341 e. The lowest BCUT2D eigenvalue weighted by Gasteiger charge is -2.42. The Morgan fingerprint density at radius 3 is 2.56 bits per heavy atom. The molecule has 3 aliphatic rings. The summed E-state index contributed by atoms with van der Waals surface area (Å²) < 4.78 is 55.0. The lowest BCUT2D eigenvalue weighted by atomic mass is 9.81. The molecule has 2 heterocycles. The van der Waals surface area contributed by atoms with Crippen LogP contribution in [0.1, 0.15) is 46.5 Å². The number of rotatable bonds is 5. The zero-order valence-corrected chi connectivity index (χ0v) is 21.3. The molecule has 0 aromatic heterocycles. The van der Waals surface area contributed by atoms with Gasteiger partial charge in [0.05, 0.1) is 11.9 Å². The first-order valence-corrected chi connectivity index (χ1v) is 14.6. The summed E-state index contributed by atoms with van der Waals surface area (Å²) in [4.78, 5) is 28.4. The van der Waals surface area contributed by atoms with Crippen LogP contribution in [0.3, 0.4) is 0 Å². The standard InChI is InChI=1S/C22H30N4O6S2/c1-22(2,3)10-11-26-16-7-5-6-14(16)19(27)18(21(26)28)20-23-15-9-8-13(24-33(4,29)30)12-17(15)34(31,32)25-20/h8-9,12,14,16,18,24H,5-7,10-11H2,1-4H3,(H,23,25). The Hall–Kier alpha value is -2.47. The Morgan fingerprint density at radius 1 is 1.21 bits per heavy atom. The summed E-state index contributed by atoms with van der Waals surface area (Å²) in [5.41, 5.74) is 0.197. The fourth-order valence-corrected chi connectivity index (χ4v) is 6.61. The maximum Gasteiger partial charge on any atom is 0.286 e. The zero-order chi connectivity index (χ0) is 25.1. The van der Waals surface area contributed by atoms with Crippen LogP contribution in [-0.4, -0.2) is 58.1 Å². The average molecular weight is 511 g/mol. The van der Waals surface area contributed by atoms with E-state index in [-0.39, 0.29) is 45.3 Å². The molecule has 1 saturated heterocycles. The maximum atomic E-state index is 13.5. The Balaban J connectivity index is 1.68. The van der Waals surface area contributed by atoms with Crippen molar-refractivity contribution in [1.29, 1.82) is 0 Å². The summed E-state index contributed by atoms with van der Waals surface area (Å²) in [6, 6.07) is 3.80. The van der Waals surface area contributed by atoms with Crippen molar-refractivity contribution >= 4 is 48.9 Å². The van der Waals surface area contributed by atoms with Crippen molar-refractivity contribution in [2.45, 2.75) is 57.4 Å². The number of benzene rings is 1. The number of amides is 1. The first kappa shape index (κ1) is 24.6. The molecule has 34 heavy (non-hydrogen) atoms. The quantitative estimate of drug-likeness (QED) is 0.578. The molecular weight excluding hydrogens is 480 g/mol. The minimum absolute atomic E-state index is 0.00800. The highest BCUT2D eigenvalue weighted by Crippen LogP contribution is 2.40. The molecule has 1 aromatic rings. The molecule has 1 aliphatic carbocycles. The molecule has 2 aliphatic heterocycles. The zero-order valence-electron chi connectivity index (χ0n) is 19.7. The van der Waals surface area contributed by atoms with E-state index in [1.807, 2.05) is 0 Å². The van der Waals surface area contributed by atoms with Gasteiger partial charge in [0, 0.05) is 24.2 Å². The summed E-state index contributed by atoms with van der Waals surface area (Å²) in [6.45, 7) is 6.74. The number of Topliss-reactive ketones (excluding diaryl/α,β-unsaturated/α-hetero) is 1. The highest BCUT2D eigenvalue weighted by atomic mass is 32.2. The Labute approximate surface area is 200 Å². The molecule has 10 nitrogen and oxygen atoms in total. The van der Waals surface area contributed by atoms with Crippen LogP contribution in [0.4, 0.5) is 11.4 Å². The smallest absolute Gasteiger partial charge is 0.286 e. The Kier molecular flexibility index (Phi) is 6.04. The summed E-state index contributed by atoms with van der Waals surface area (Å²) >= 11 is 0. The molecule has 0 spiro atoms. The average Bonchev–Trinajstić information content (AvgIpc) is 3.16. The lowest BCUT2D eigenvalue weighted by Crippen LogP contribution is -2.59. The number of nitrogens with one attached hydrogen (secondary N) is 2. The van der Waals surface area contributed by atoms with Crippen molar-refractivity contribution in [3.8, 4) is 0 Å². The van der Waals surface area contributed by atoms with Gasteiger partial charge >= 0.3 is 0 Å². The van der Waals surface area contributed by atoms with Gasteiger partial charge in [-0.3, -0.25) is 14.3 Å². The largest absolute Gasteiger partial charge is 0.341 e. The maximum absolute atomic E-state index is 13.5. The number of amidine groups is 1. The number of anilines is 2. The topological polar surface area (TPSA) is 142 Å². The van der Waals surface area contributed by atoms with E-state index in [9.17, 15) is 26.4 Å². The van der Waals surface area contributed by atoms with Crippen molar-refractivity contribution in [3.05, 3.63) is 18.2 Å². The van der Waals surface area contributed by atoms with Crippen LogP contribution in [0.15, 0.2) is 27.5 Å². The number of nitrogens with zero attached hydrogens (tertiary/aromatic N) is 2. The third kappa shape index (κ3) is 4.83. The van der Waals surface area contributed by atoms with Crippen LogP contribution in [0.5, 0.6) is 0 Å². The second-order valence-corrected chi connectivity index (χ2v) is 13.8. The van der Waals surface area contributed by atoms with Crippen LogP contribution in [0.25, 0.3) is 0 Å². The Bertz CT molecular complexity index is 1280. The van der Waals surface area contributed by atoms with E-state index in [0.29, 0.717) is 13.0 Å². The van der Waals surface area contributed by atoms with Gasteiger partial charge in [-0.1, -0.05) is 27.2 Å². The first-order chi connectivity index (χ1) is 15.7. The van der Waals surface area contributed by atoms with Gasteiger partial charge in [-0.2, -0.15) is 8.42 Å². The first-order valence-electron chi connectivity index (χ1n) is 11.2. The van der Waals surface area contributed by atoms with E-state index in [2.05, 4.69) is 35.2 Å².